The molecule has 0 amide bonds. The summed E-state index contributed by atoms with van der Waals surface area (Å²) < 4.78 is 50.7. The molecule has 1 nitrogen and oxygen atoms in total. The van der Waals surface area contributed by atoms with E-state index in [-0.39, 0.29) is 5.57 Å². The van der Waals surface area contributed by atoms with Gasteiger partial charge in [-0.1, -0.05) is 6.07 Å². The Morgan fingerprint density at radius 3 is 2.50 bits per heavy atom. The molecule has 5 heteroatoms. The molecule has 85 valence electrons. The van der Waals surface area contributed by atoms with Gasteiger partial charge in [0, 0.05) is 11.1 Å². The number of hydrogen-bond acceptors (Lipinski definition) is 1. The average Bonchev–Trinajstić information content (AvgIpc) is 2.19. The van der Waals surface area contributed by atoms with Crippen molar-refractivity contribution in [1.82, 2.24) is 0 Å². The highest BCUT2D eigenvalue weighted by molar-refractivity contribution is 5.82. The first kappa shape index (κ1) is 12.4. The number of carbonyl (C=O) groups excluding carboxylic acids is 1. The maximum Gasteiger partial charge on any atom is 0.417 e. The predicted octanol–water partition coefficient (Wildman–Crippen LogP) is 3.36. The molecule has 0 fully saturated rings. The van der Waals surface area contributed by atoms with E-state index in [1.165, 1.54) is 13.2 Å². The number of rotatable bonds is 2. The van der Waals surface area contributed by atoms with Crippen molar-refractivity contribution in [2.45, 2.75) is 13.1 Å². The molecule has 16 heavy (non-hydrogen) atoms. The van der Waals surface area contributed by atoms with Gasteiger partial charge in [-0.15, -0.1) is 0 Å². The molecule has 0 saturated heterocycles. The van der Waals surface area contributed by atoms with Crippen LogP contribution in [0.5, 0.6) is 0 Å². The lowest BCUT2D eigenvalue weighted by molar-refractivity contribution is -0.137. The minimum absolute atomic E-state index is 0.101. The standard InChI is InChI=1S/C11H7F4O/c1-7(6-16)5-8-9(11(13,14)15)3-2-4-10(8)12/h2-5H,1H3. The lowest BCUT2D eigenvalue weighted by Crippen LogP contribution is -2.08. The van der Waals surface area contributed by atoms with Gasteiger partial charge in [-0.3, -0.25) is 4.79 Å². The van der Waals surface area contributed by atoms with E-state index in [4.69, 9.17) is 0 Å². The van der Waals surface area contributed by atoms with E-state index in [2.05, 4.69) is 0 Å². The Labute approximate surface area is 89.4 Å². The van der Waals surface area contributed by atoms with E-state index in [1.54, 1.807) is 0 Å². The Morgan fingerprint density at radius 2 is 2.00 bits per heavy atom. The fourth-order valence-corrected chi connectivity index (χ4v) is 1.18. The van der Waals surface area contributed by atoms with Crippen molar-refractivity contribution < 1.29 is 22.4 Å². The first-order valence-corrected chi connectivity index (χ1v) is 4.28. The minimum atomic E-state index is -4.66. The van der Waals surface area contributed by atoms with Gasteiger partial charge >= 0.3 is 6.18 Å². The summed E-state index contributed by atoms with van der Waals surface area (Å²) in [6.07, 6.45) is -2.43. The van der Waals surface area contributed by atoms with Crippen LogP contribution in [-0.2, 0) is 11.0 Å². The highest BCUT2D eigenvalue weighted by atomic mass is 19.4. The predicted molar refractivity (Wildman–Crippen MR) is 50.7 cm³/mol. The fourth-order valence-electron chi connectivity index (χ4n) is 1.18. The van der Waals surface area contributed by atoms with E-state index in [9.17, 15) is 22.4 Å². The molecule has 0 N–H and O–H groups in total. The third-order valence-corrected chi connectivity index (χ3v) is 1.88. The summed E-state index contributed by atoms with van der Waals surface area (Å²) in [4.78, 5) is 10.2. The molecular formula is C11H7F4O. The topological polar surface area (TPSA) is 17.1 Å². The highest BCUT2D eigenvalue weighted by Gasteiger charge is 2.33. The molecule has 1 aromatic carbocycles. The lowest BCUT2D eigenvalue weighted by Gasteiger charge is -2.10. The molecular weight excluding hydrogens is 224 g/mol. The molecule has 0 aromatic heterocycles. The van der Waals surface area contributed by atoms with Crippen LogP contribution in [0.3, 0.4) is 0 Å². The molecule has 0 saturated carbocycles. The molecule has 1 aromatic rings. The molecule has 0 aliphatic rings. The zero-order valence-corrected chi connectivity index (χ0v) is 8.23. The van der Waals surface area contributed by atoms with Crippen LogP contribution in [-0.4, -0.2) is 6.29 Å². The third kappa shape index (κ3) is 2.68. The highest BCUT2D eigenvalue weighted by Crippen LogP contribution is 2.33. The molecule has 0 aliphatic heterocycles. The van der Waals surface area contributed by atoms with Crippen LogP contribution in [0.15, 0.2) is 23.8 Å². The zero-order valence-electron chi connectivity index (χ0n) is 8.23. The molecule has 0 heterocycles. The molecule has 1 rings (SSSR count). The van der Waals surface area contributed by atoms with Gasteiger partial charge in [0.2, 0.25) is 6.29 Å². The molecule has 0 unspecified atom stereocenters. The number of allylic oxidation sites excluding steroid dienone is 1. The monoisotopic (exact) mass is 231 g/mol. The Kier molecular flexibility index (Phi) is 3.47. The molecule has 0 aliphatic carbocycles. The lowest BCUT2D eigenvalue weighted by atomic mass is 10.0. The average molecular weight is 231 g/mol. The van der Waals surface area contributed by atoms with Gasteiger partial charge in [0.05, 0.1) is 5.56 Å². The summed E-state index contributed by atoms with van der Waals surface area (Å²) in [6, 6.07) is 2.63. The number of hydrogen-bond donors (Lipinski definition) is 0. The van der Waals surface area contributed by atoms with Crippen LogP contribution in [0.2, 0.25) is 0 Å². The van der Waals surface area contributed by atoms with Crippen molar-refractivity contribution >= 4 is 12.4 Å². The fraction of sp³-hybridized carbons (Fsp3) is 0.182. The van der Waals surface area contributed by atoms with Crippen molar-refractivity contribution in [3.05, 3.63) is 40.7 Å². The van der Waals surface area contributed by atoms with E-state index in [1.807, 2.05) is 0 Å². The van der Waals surface area contributed by atoms with Crippen molar-refractivity contribution in [3.8, 4) is 0 Å². The molecule has 0 atom stereocenters. The van der Waals surface area contributed by atoms with E-state index >= 15 is 0 Å². The van der Waals surface area contributed by atoms with Crippen molar-refractivity contribution in [3.63, 3.8) is 0 Å². The molecule has 1 radical (unpaired) electrons. The number of halogens is 4. The molecule has 0 spiro atoms. The van der Waals surface area contributed by atoms with Crippen LogP contribution in [0, 0.1) is 5.82 Å². The van der Waals surface area contributed by atoms with Gasteiger partial charge in [-0.2, -0.15) is 13.2 Å². The maximum atomic E-state index is 13.2. The third-order valence-electron chi connectivity index (χ3n) is 1.88. The largest absolute Gasteiger partial charge is 0.417 e. The summed E-state index contributed by atoms with van der Waals surface area (Å²) in [5, 5.41) is 0. The zero-order chi connectivity index (χ0) is 12.3. The van der Waals surface area contributed by atoms with Crippen LogP contribution in [0.4, 0.5) is 17.6 Å². The smallest absolute Gasteiger partial charge is 0.285 e. The summed E-state index contributed by atoms with van der Waals surface area (Å²) in [6.45, 7) is 1.25. The van der Waals surface area contributed by atoms with Crippen LogP contribution in [0.1, 0.15) is 18.1 Å². The maximum absolute atomic E-state index is 13.2. The van der Waals surface area contributed by atoms with E-state index in [0.717, 1.165) is 24.3 Å². The Balaban J connectivity index is 3.41. The normalized spacial score (nSPS) is 12.7. The van der Waals surface area contributed by atoms with Gasteiger partial charge in [0.1, 0.15) is 5.82 Å². The summed E-state index contributed by atoms with van der Waals surface area (Å²) >= 11 is 0. The van der Waals surface area contributed by atoms with Crippen LogP contribution < -0.4 is 0 Å². The first-order chi connectivity index (χ1) is 7.36. The SMILES string of the molecule is CC([C]=O)=Cc1c(F)cccc1C(F)(F)F. The Bertz CT molecular complexity index is 432. The number of alkyl halides is 3. The van der Waals surface area contributed by atoms with Crippen molar-refractivity contribution in [2.75, 3.05) is 0 Å². The van der Waals surface area contributed by atoms with Gasteiger partial charge in [-0.05, 0) is 25.1 Å². The first-order valence-electron chi connectivity index (χ1n) is 4.28. The van der Waals surface area contributed by atoms with Gasteiger partial charge < -0.3 is 0 Å². The Hall–Kier alpha value is -1.65. The van der Waals surface area contributed by atoms with Gasteiger partial charge in [0.15, 0.2) is 0 Å². The second-order valence-corrected chi connectivity index (χ2v) is 3.13. The van der Waals surface area contributed by atoms with Gasteiger partial charge in [0.25, 0.3) is 0 Å². The number of benzene rings is 1. The second kappa shape index (κ2) is 4.47. The van der Waals surface area contributed by atoms with Crippen LogP contribution in [0.25, 0.3) is 6.08 Å². The summed E-state index contributed by atoms with van der Waals surface area (Å²) in [7, 11) is 0. The summed E-state index contributed by atoms with van der Waals surface area (Å²) in [5.41, 5.74) is -1.85. The Morgan fingerprint density at radius 1 is 1.38 bits per heavy atom. The molecule has 0 bridgehead atoms. The van der Waals surface area contributed by atoms with E-state index < -0.39 is 23.1 Å². The van der Waals surface area contributed by atoms with Crippen molar-refractivity contribution in [1.29, 1.82) is 0 Å². The quantitative estimate of drug-likeness (QED) is 0.563. The van der Waals surface area contributed by atoms with Crippen LogP contribution >= 0.6 is 0 Å². The summed E-state index contributed by atoms with van der Waals surface area (Å²) in [5.74, 6) is -1.02. The second-order valence-electron chi connectivity index (χ2n) is 3.13. The minimum Gasteiger partial charge on any atom is -0.285 e. The van der Waals surface area contributed by atoms with Gasteiger partial charge in [-0.25, -0.2) is 4.39 Å². The van der Waals surface area contributed by atoms with E-state index in [0.29, 0.717) is 0 Å². The van der Waals surface area contributed by atoms with Crippen molar-refractivity contribution in [2.24, 2.45) is 0 Å².